The van der Waals surface area contributed by atoms with Gasteiger partial charge in [0.2, 0.25) is 0 Å². The summed E-state index contributed by atoms with van der Waals surface area (Å²) in [4.78, 5) is 28.7. The van der Waals surface area contributed by atoms with Crippen molar-refractivity contribution in [3.63, 3.8) is 0 Å². The van der Waals surface area contributed by atoms with Gasteiger partial charge in [-0.15, -0.1) is 6.42 Å². The van der Waals surface area contributed by atoms with Gasteiger partial charge < -0.3 is 9.80 Å². The molecule has 0 atom stereocenters. The zero-order chi connectivity index (χ0) is 16.7. The molecule has 0 aliphatic heterocycles. The number of terminal acetylenes is 1. The Kier molecular flexibility index (Phi) is 6.65. The van der Waals surface area contributed by atoms with Crippen LogP contribution >= 0.6 is 0 Å². The first-order valence-electron chi connectivity index (χ1n) is 7.73. The Morgan fingerprint density at radius 3 is 1.77 bits per heavy atom. The molecule has 118 valence electrons. The summed E-state index contributed by atoms with van der Waals surface area (Å²) in [5, 5.41) is 0. The van der Waals surface area contributed by atoms with Gasteiger partial charge in [-0.05, 0) is 45.9 Å². The highest BCUT2D eigenvalue weighted by Crippen LogP contribution is 2.17. The smallest absolute Gasteiger partial charge is 0.254 e. The second-order valence-electron chi connectivity index (χ2n) is 4.86. The SMILES string of the molecule is C#Cc1ccc(C(=O)N(CC)CC)c(C(=O)N(CC)CC)c1. The van der Waals surface area contributed by atoms with Crippen molar-refractivity contribution >= 4 is 11.8 Å². The lowest BCUT2D eigenvalue weighted by atomic mass is 10.0. The molecule has 0 heterocycles. The lowest BCUT2D eigenvalue weighted by molar-refractivity contribution is 0.0733. The van der Waals surface area contributed by atoms with Gasteiger partial charge in [-0.1, -0.05) is 5.92 Å². The van der Waals surface area contributed by atoms with Crippen LogP contribution in [-0.2, 0) is 0 Å². The Morgan fingerprint density at radius 2 is 1.36 bits per heavy atom. The Hall–Kier alpha value is -2.28. The number of carbonyl (C=O) groups is 2. The second-order valence-corrected chi connectivity index (χ2v) is 4.86. The molecule has 0 saturated carbocycles. The molecule has 22 heavy (non-hydrogen) atoms. The molecule has 2 amide bonds. The van der Waals surface area contributed by atoms with Crippen LogP contribution in [0.3, 0.4) is 0 Å². The molecule has 4 nitrogen and oxygen atoms in total. The fourth-order valence-electron chi connectivity index (χ4n) is 2.36. The number of amides is 2. The highest BCUT2D eigenvalue weighted by molar-refractivity contribution is 6.07. The maximum atomic E-state index is 12.7. The van der Waals surface area contributed by atoms with E-state index >= 15 is 0 Å². The summed E-state index contributed by atoms with van der Waals surface area (Å²) in [7, 11) is 0. The van der Waals surface area contributed by atoms with Crippen LogP contribution in [0, 0.1) is 12.3 Å². The van der Waals surface area contributed by atoms with Crippen LogP contribution in [0.4, 0.5) is 0 Å². The van der Waals surface area contributed by atoms with Crippen molar-refractivity contribution in [1.82, 2.24) is 9.80 Å². The third-order valence-electron chi connectivity index (χ3n) is 3.75. The van der Waals surface area contributed by atoms with Crippen molar-refractivity contribution in [2.75, 3.05) is 26.2 Å². The predicted molar refractivity (Wildman–Crippen MR) is 88.9 cm³/mol. The van der Waals surface area contributed by atoms with Crippen molar-refractivity contribution in [2.45, 2.75) is 27.7 Å². The van der Waals surface area contributed by atoms with E-state index in [2.05, 4.69) is 5.92 Å². The monoisotopic (exact) mass is 300 g/mol. The molecule has 0 radical (unpaired) electrons. The van der Waals surface area contributed by atoms with E-state index in [1.54, 1.807) is 28.0 Å². The van der Waals surface area contributed by atoms with E-state index in [4.69, 9.17) is 6.42 Å². The zero-order valence-electron chi connectivity index (χ0n) is 13.8. The van der Waals surface area contributed by atoms with Gasteiger partial charge in [-0.2, -0.15) is 0 Å². The van der Waals surface area contributed by atoms with Crippen LogP contribution in [0.25, 0.3) is 0 Å². The first kappa shape index (κ1) is 17.8. The van der Waals surface area contributed by atoms with Crippen LogP contribution in [0.15, 0.2) is 18.2 Å². The first-order valence-corrected chi connectivity index (χ1v) is 7.73. The second kappa shape index (κ2) is 8.23. The number of benzene rings is 1. The Balaban J connectivity index is 3.37. The lowest BCUT2D eigenvalue weighted by Crippen LogP contribution is -2.35. The summed E-state index contributed by atoms with van der Waals surface area (Å²) in [6.45, 7) is 10.1. The summed E-state index contributed by atoms with van der Waals surface area (Å²) in [5.74, 6) is 2.23. The normalized spacial score (nSPS) is 9.95. The van der Waals surface area contributed by atoms with Crippen molar-refractivity contribution in [1.29, 1.82) is 0 Å². The van der Waals surface area contributed by atoms with Crippen molar-refractivity contribution in [3.05, 3.63) is 34.9 Å². The van der Waals surface area contributed by atoms with E-state index in [9.17, 15) is 9.59 Å². The van der Waals surface area contributed by atoms with Gasteiger partial charge in [-0.3, -0.25) is 9.59 Å². The lowest BCUT2D eigenvalue weighted by Gasteiger charge is -2.23. The van der Waals surface area contributed by atoms with Crippen LogP contribution in [-0.4, -0.2) is 47.8 Å². The third kappa shape index (κ3) is 3.67. The molecule has 0 spiro atoms. The molecule has 0 aliphatic carbocycles. The maximum Gasteiger partial charge on any atom is 0.254 e. The predicted octanol–water partition coefficient (Wildman–Crippen LogP) is 2.63. The van der Waals surface area contributed by atoms with Crippen LogP contribution in [0.2, 0.25) is 0 Å². The summed E-state index contributed by atoms with van der Waals surface area (Å²) in [5.41, 5.74) is 1.40. The molecule has 0 aromatic heterocycles. The van der Waals surface area contributed by atoms with Crippen LogP contribution in [0.1, 0.15) is 54.0 Å². The molecule has 0 bridgehead atoms. The fraction of sp³-hybridized carbons (Fsp3) is 0.444. The third-order valence-corrected chi connectivity index (χ3v) is 3.75. The van der Waals surface area contributed by atoms with E-state index in [1.807, 2.05) is 27.7 Å². The molecule has 4 heteroatoms. The Labute approximate surface area is 133 Å². The minimum atomic E-state index is -0.155. The number of rotatable bonds is 6. The summed E-state index contributed by atoms with van der Waals surface area (Å²) in [6.07, 6.45) is 5.43. The summed E-state index contributed by atoms with van der Waals surface area (Å²) < 4.78 is 0. The summed E-state index contributed by atoms with van der Waals surface area (Å²) >= 11 is 0. The molecular weight excluding hydrogens is 276 g/mol. The number of hydrogen-bond acceptors (Lipinski definition) is 2. The quantitative estimate of drug-likeness (QED) is 0.758. The van der Waals surface area contributed by atoms with Crippen LogP contribution < -0.4 is 0 Å². The first-order chi connectivity index (χ1) is 10.5. The Bertz CT molecular complexity index is 579. The Morgan fingerprint density at radius 1 is 0.909 bits per heavy atom. The van der Waals surface area contributed by atoms with Crippen molar-refractivity contribution < 1.29 is 9.59 Å². The zero-order valence-corrected chi connectivity index (χ0v) is 13.8. The van der Waals surface area contributed by atoms with E-state index in [-0.39, 0.29) is 11.8 Å². The molecule has 1 aromatic carbocycles. The van der Waals surface area contributed by atoms with Gasteiger partial charge >= 0.3 is 0 Å². The number of hydrogen-bond donors (Lipinski definition) is 0. The average Bonchev–Trinajstić information content (AvgIpc) is 2.56. The van der Waals surface area contributed by atoms with Crippen molar-refractivity contribution in [3.8, 4) is 12.3 Å². The van der Waals surface area contributed by atoms with E-state index < -0.39 is 0 Å². The van der Waals surface area contributed by atoms with E-state index in [1.165, 1.54) is 0 Å². The van der Waals surface area contributed by atoms with Crippen molar-refractivity contribution in [2.24, 2.45) is 0 Å². The standard InChI is InChI=1S/C18H24N2O2/c1-6-14-11-12-15(17(21)19(7-2)8-3)16(13-14)18(22)20(9-4)10-5/h1,11-13H,7-10H2,2-5H3. The topological polar surface area (TPSA) is 40.6 Å². The molecule has 0 unspecified atom stereocenters. The van der Waals surface area contributed by atoms with Gasteiger partial charge in [-0.25, -0.2) is 0 Å². The van der Waals surface area contributed by atoms with Gasteiger partial charge in [0.05, 0.1) is 11.1 Å². The maximum absolute atomic E-state index is 12.7. The van der Waals surface area contributed by atoms with E-state index in [0.717, 1.165) is 0 Å². The fourth-order valence-corrected chi connectivity index (χ4v) is 2.36. The molecule has 1 rings (SSSR count). The minimum absolute atomic E-state index is 0.135. The van der Waals surface area contributed by atoms with Crippen LogP contribution in [0.5, 0.6) is 0 Å². The average molecular weight is 300 g/mol. The molecule has 0 fully saturated rings. The molecule has 0 N–H and O–H groups in total. The van der Waals surface area contributed by atoms with Gasteiger partial charge in [0.25, 0.3) is 11.8 Å². The number of nitrogens with zero attached hydrogens (tertiary/aromatic N) is 2. The number of carbonyl (C=O) groups excluding carboxylic acids is 2. The highest BCUT2D eigenvalue weighted by Gasteiger charge is 2.23. The van der Waals surface area contributed by atoms with Gasteiger partial charge in [0.15, 0.2) is 0 Å². The van der Waals surface area contributed by atoms with Gasteiger partial charge in [0.1, 0.15) is 0 Å². The molecular formula is C18H24N2O2. The highest BCUT2D eigenvalue weighted by atomic mass is 16.2. The summed E-state index contributed by atoms with van der Waals surface area (Å²) in [6, 6.07) is 5.00. The van der Waals surface area contributed by atoms with E-state index in [0.29, 0.717) is 42.9 Å². The van der Waals surface area contributed by atoms with Gasteiger partial charge in [0, 0.05) is 31.7 Å². The molecule has 1 aromatic rings. The molecule has 0 saturated heterocycles. The molecule has 0 aliphatic rings. The minimum Gasteiger partial charge on any atom is -0.339 e. The largest absolute Gasteiger partial charge is 0.339 e.